The number of thiophene rings is 1. The van der Waals surface area contributed by atoms with Crippen LogP contribution in [-0.2, 0) is 0 Å². The molecule has 0 bridgehead atoms. The molecular formula is C15H24N2S2. The minimum atomic E-state index is 0.439. The van der Waals surface area contributed by atoms with Crippen molar-refractivity contribution in [1.29, 1.82) is 0 Å². The first-order chi connectivity index (χ1) is 9.19. The maximum atomic E-state index is 4.68. The summed E-state index contributed by atoms with van der Waals surface area (Å²) in [5.74, 6) is 0.760. The van der Waals surface area contributed by atoms with Gasteiger partial charge in [0.2, 0.25) is 0 Å². The molecule has 0 saturated heterocycles. The van der Waals surface area contributed by atoms with Crippen LogP contribution in [-0.4, -0.2) is 17.0 Å². The van der Waals surface area contributed by atoms with Crippen LogP contribution >= 0.6 is 23.1 Å². The third-order valence-electron chi connectivity index (χ3n) is 3.21. The molecule has 19 heavy (non-hydrogen) atoms. The van der Waals surface area contributed by atoms with E-state index in [-0.39, 0.29) is 0 Å². The van der Waals surface area contributed by atoms with Crippen LogP contribution in [0, 0.1) is 5.92 Å². The molecule has 2 atom stereocenters. The third kappa shape index (κ3) is 4.53. The third-order valence-corrected chi connectivity index (χ3v) is 5.34. The summed E-state index contributed by atoms with van der Waals surface area (Å²) in [7, 11) is 0. The van der Waals surface area contributed by atoms with E-state index in [9.17, 15) is 0 Å². The molecule has 4 heteroatoms. The largest absolute Gasteiger partial charge is 0.357 e. The molecule has 2 rings (SSSR count). The fourth-order valence-corrected chi connectivity index (χ4v) is 4.48. The molecule has 0 aromatic carbocycles. The molecule has 0 amide bonds. The first-order valence-corrected chi connectivity index (χ1v) is 8.96. The van der Waals surface area contributed by atoms with Crippen LogP contribution in [0.1, 0.15) is 51.0 Å². The van der Waals surface area contributed by atoms with Crippen molar-refractivity contribution in [3.63, 3.8) is 0 Å². The van der Waals surface area contributed by atoms with Gasteiger partial charge in [-0.15, -0.1) is 11.3 Å². The highest BCUT2D eigenvalue weighted by Crippen LogP contribution is 2.29. The van der Waals surface area contributed by atoms with Crippen molar-refractivity contribution in [2.45, 2.75) is 51.3 Å². The van der Waals surface area contributed by atoms with Gasteiger partial charge in [-0.25, -0.2) is 0 Å². The van der Waals surface area contributed by atoms with E-state index in [1.54, 1.807) is 0 Å². The van der Waals surface area contributed by atoms with Gasteiger partial charge in [-0.3, -0.25) is 4.99 Å². The fourth-order valence-electron chi connectivity index (χ4n) is 2.36. The molecule has 1 aliphatic rings. The van der Waals surface area contributed by atoms with E-state index in [0.29, 0.717) is 11.3 Å². The second kappa shape index (κ2) is 7.34. The summed E-state index contributed by atoms with van der Waals surface area (Å²) in [5, 5.41) is 7.63. The summed E-state index contributed by atoms with van der Waals surface area (Å²) in [6.45, 7) is 7.80. The normalized spacial score (nSPS) is 20.6. The average molecular weight is 297 g/mol. The lowest BCUT2D eigenvalue weighted by Gasteiger charge is -2.18. The second-order valence-electron chi connectivity index (χ2n) is 5.52. The van der Waals surface area contributed by atoms with Crippen LogP contribution in [0.2, 0.25) is 0 Å². The highest BCUT2D eigenvalue weighted by atomic mass is 32.2. The van der Waals surface area contributed by atoms with E-state index in [1.165, 1.54) is 24.1 Å². The monoisotopic (exact) mass is 296 g/mol. The van der Waals surface area contributed by atoms with Crippen LogP contribution in [0.3, 0.4) is 0 Å². The zero-order valence-electron chi connectivity index (χ0n) is 12.1. The Bertz CT molecular complexity index is 398. The van der Waals surface area contributed by atoms with Gasteiger partial charge in [0.15, 0.2) is 5.17 Å². The van der Waals surface area contributed by atoms with Gasteiger partial charge < -0.3 is 5.32 Å². The number of hydrogen-bond donors (Lipinski definition) is 1. The molecule has 106 valence electrons. The Morgan fingerprint density at radius 3 is 2.95 bits per heavy atom. The van der Waals surface area contributed by atoms with Crippen molar-refractivity contribution >= 4 is 28.3 Å². The van der Waals surface area contributed by atoms with E-state index in [1.807, 2.05) is 23.1 Å². The van der Waals surface area contributed by atoms with Crippen LogP contribution in [0.5, 0.6) is 0 Å². The Morgan fingerprint density at radius 2 is 2.32 bits per heavy atom. The predicted octanol–water partition coefficient (Wildman–Crippen LogP) is 4.70. The van der Waals surface area contributed by atoms with Crippen LogP contribution in [0.4, 0.5) is 0 Å². The van der Waals surface area contributed by atoms with E-state index in [2.05, 4.69) is 48.6 Å². The number of nitrogens with zero attached hydrogens (tertiary/aromatic N) is 1. The van der Waals surface area contributed by atoms with Crippen molar-refractivity contribution in [2.24, 2.45) is 10.9 Å². The van der Waals surface area contributed by atoms with Crippen molar-refractivity contribution in [1.82, 2.24) is 5.32 Å². The Hall–Kier alpha value is -0.480. The van der Waals surface area contributed by atoms with Gasteiger partial charge in [0.25, 0.3) is 0 Å². The summed E-state index contributed by atoms with van der Waals surface area (Å²) in [4.78, 5) is 6.10. The Balaban J connectivity index is 1.89. The number of thioether (sulfide) groups is 1. The highest BCUT2D eigenvalue weighted by Gasteiger charge is 2.23. The Labute approximate surface area is 125 Å². The van der Waals surface area contributed by atoms with Crippen LogP contribution in [0.15, 0.2) is 22.5 Å². The molecule has 0 aliphatic carbocycles. The standard InChI is InChI=1S/C15H24N2S2/c1-4-6-13(14-7-5-8-18-14)17-15-16-10-12(19-15)9-11(2)3/h5,7-8,11-13H,4,6,9-10H2,1-3H3,(H,16,17). The fraction of sp³-hybridized carbons (Fsp3) is 0.667. The van der Waals surface area contributed by atoms with Crippen molar-refractivity contribution < 1.29 is 0 Å². The van der Waals surface area contributed by atoms with E-state index < -0.39 is 0 Å². The number of rotatable bonds is 6. The number of hydrogen-bond acceptors (Lipinski definition) is 4. The molecule has 2 nitrogen and oxygen atoms in total. The molecule has 1 aromatic rings. The topological polar surface area (TPSA) is 24.4 Å². The Morgan fingerprint density at radius 1 is 1.47 bits per heavy atom. The summed E-state index contributed by atoms with van der Waals surface area (Å²) in [6, 6.07) is 4.80. The number of aliphatic imine (C=N–C) groups is 1. The summed E-state index contributed by atoms with van der Waals surface area (Å²) in [6.07, 6.45) is 3.63. The molecule has 2 unspecified atom stereocenters. The molecule has 0 saturated carbocycles. The van der Waals surface area contributed by atoms with Crippen molar-refractivity contribution in [2.75, 3.05) is 6.54 Å². The number of nitrogens with one attached hydrogen (secondary N) is 1. The molecule has 0 radical (unpaired) electrons. The van der Waals surface area contributed by atoms with Crippen molar-refractivity contribution in [3.05, 3.63) is 22.4 Å². The van der Waals surface area contributed by atoms with Crippen molar-refractivity contribution in [3.8, 4) is 0 Å². The zero-order valence-corrected chi connectivity index (χ0v) is 13.7. The predicted molar refractivity (Wildman–Crippen MR) is 88.2 cm³/mol. The first-order valence-electron chi connectivity index (χ1n) is 7.20. The van der Waals surface area contributed by atoms with Gasteiger partial charge in [-0.1, -0.05) is 45.0 Å². The summed E-state index contributed by atoms with van der Waals surface area (Å²) >= 11 is 3.77. The van der Waals surface area contributed by atoms with Gasteiger partial charge >= 0.3 is 0 Å². The molecule has 0 fully saturated rings. The summed E-state index contributed by atoms with van der Waals surface area (Å²) < 4.78 is 0. The van der Waals surface area contributed by atoms with Crippen LogP contribution in [0.25, 0.3) is 0 Å². The van der Waals surface area contributed by atoms with Gasteiger partial charge in [0.1, 0.15) is 0 Å². The smallest absolute Gasteiger partial charge is 0.157 e. The Kier molecular flexibility index (Phi) is 5.76. The molecule has 2 heterocycles. The lowest BCUT2D eigenvalue weighted by molar-refractivity contribution is 0.574. The lowest BCUT2D eigenvalue weighted by Crippen LogP contribution is -2.25. The first kappa shape index (κ1) is 14.9. The molecule has 1 aliphatic heterocycles. The van der Waals surface area contributed by atoms with Gasteiger partial charge in [-0.05, 0) is 30.2 Å². The minimum absolute atomic E-state index is 0.439. The minimum Gasteiger partial charge on any atom is -0.357 e. The van der Waals surface area contributed by atoms with Gasteiger partial charge in [0, 0.05) is 10.1 Å². The molecular weight excluding hydrogens is 272 g/mol. The second-order valence-corrected chi connectivity index (χ2v) is 7.78. The van der Waals surface area contributed by atoms with Crippen LogP contribution < -0.4 is 5.32 Å². The number of amidine groups is 1. The molecule has 1 aromatic heterocycles. The van der Waals surface area contributed by atoms with Gasteiger partial charge in [0.05, 0.1) is 12.6 Å². The summed E-state index contributed by atoms with van der Waals surface area (Å²) in [5.41, 5.74) is 0. The van der Waals surface area contributed by atoms with E-state index in [4.69, 9.17) is 0 Å². The maximum Gasteiger partial charge on any atom is 0.157 e. The lowest BCUT2D eigenvalue weighted by atomic mass is 10.1. The zero-order chi connectivity index (χ0) is 13.7. The van der Waals surface area contributed by atoms with E-state index >= 15 is 0 Å². The quantitative estimate of drug-likeness (QED) is 0.823. The van der Waals surface area contributed by atoms with Gasteiger partial charge in [-0.2, -0.15) is 0 Å². The average Bonchev–Trinajstić information content (AvgIpc) is 2.99. The maximum absolute atomic E-state index is 4.68. The van der Waals surface area contributed by atoms with E-state index in [0.717, 1.165) is 17.6 Å². The molecule has 1 N–H and O–H groups in total. The molecule has 0 spiro atoms. The highest BCUT2D eigenvalue weighted by molar-refractivity contribution is 8.14. The SMILES string of the molecule is CCCC(NC1=NCC(CC(C)C)S1)c1cccs1.